The van der Waals surface area contributed by atoms with Crippen molar-refractivity contribution < 1.29 is 0 Å². The van der Waals surface area contributed by atoms with Gasteiger partial charge in [0.25, 0.3) is 0 Å². The molecule has 0 heterocycles. The summed E-state index contributed by atoms with van der Waals surface area (Å²) in [4.78, 5) is 0. The zero-order valence-corrected chi connectivity index (χ0v) is 10.7. The molecule has 14 heavy (non-hydrogen) atoms. The molecule has 0 aromatic carbocycles. The summed E-state index contributed by atoms with van der Waals surface area (Å²) < 4.78 is 0. The second-order valence-corrected chi connectivity index (χ2v) is 5.37. The first-order chi connectivity index (χ1) is 6.77. The Morgan fingerprint density at radius 2 is 1.64 bits per heavy atom. The molecule has 0 aliphatic rings. The maximum Gasteiger partial charge on any atom is 0.00107 e. The van der Waals surface area contributed by atoms with E-state index in [1.165, 1.54) is 56.5 Å². The molecule has 0 bridgehead atoms. The number of unbranched alkanes of at least 4 members (excludes halogenated alkanes) is 4. The number of rotatable bonds is 10. The third kappa shape index (κ3) is 12.3. The Morgan fingerprint density at radius 1 is 1.00 bits per heavy atom. The zero-order chi connectivity index (χ0) is 10.6. The van der Waals surface area contributed by atoms with E-state index in [4.69, 9.17) is 5.73 Å². The first-order valence-corrected chi connectivity index (χ1v) is 7.26. The van der Waals surface area contributed by atoms with Gasteiger partial charge in [0.2, 0.25) is 0 Å². The summed E-state index contributed by atoms with van der Waals surface area (Å²) in [6.07, 6.45) is 9.49. The van der Waals surface area contributed by atoms with Crippen LogP contribution in [-0.2, 0) is 0 Å². The first kappa shape index (κ1) is 14.3. The average Bonchev–Trinajstić information content (AvgIpc) is 2.15. The Morgan fingerprint density at radius 3 is 2.29 bits per heavy atom. The van der Waals surface area contributed by atoms with Gasteiger partial charge in [-0.3, -0.25) is 0 Å². The lowest BCUT2D eigenvalue weighted by atomic mass is 10.2. The molecule has 2 heteroatoms. The summed E-state index contributed by atoms with van der Waals surface area (Å²) >= 11 is 2.10. The highest BCUT2D eigenvalue weighted by molar-refractivity contribution is 7.99. The van der Waals surface area contributed by atoms with Gasteiger partial charge in [-0.2, -0.15) is 11.8 Å². The van der Waals surface area contributed by atoms with Gasteiger partial charge in [0.1, 0.15) is 0 Å². The molecular formula is C12H27NS. The Hall–Kier alpha value is 0.310. The van der Waals surface area contributed by atoms with Crippen LogP contribution in [0.5, 0.6) is 0 Å². The quantitative estimate of drug-likeness (QED) is 0.563. The lowest BCUT2D eigenvalue weighted by Gasteiger charge is -2.04. The number of hydrogen-bond acceptors (Lipinski definition) is 2. The van der Waals surface area contributed by atoms with Crippen LogP contribution in [0.25, 0.3) is 0 Å². The first-order valence-electron chi connectivity index (χ1n) is 6.10. The Kier molecular flexibility index (Phi) is 11.6. The van der Waals surface area contributed by atoms with Gasteiger partial charge in [-0.05, 0) is 37.7 Å². The molecule has 0 aromatic heterocycles. The number of nitrogens with two attached hydrogens (primary N) is 1. The van der Waals surface area contributed by atoms with Crippen LogP contribution in [0.1, 0.15) is 58.8 Å². The third-order valence-corrected chi connectivity index (χ3v) is 3.50. The van der Waals surface area contributed by atoms with Crippen LogP contribution in [-0.4, -0.2) is 17.5 Å². The summed E-state index contributed by atoms with van der Waals surface area (Å²) in [5, 5.41) is 0. The Bertz CT molecular complexity index is 104. The normalized spacial score (nSPS) is 13.1. The van der Waals surface area contributed by atoms with Crippen LogP contribution in [0.2, 0.25) is 0 Å². The molecule has 0 radical (unpaired) electrons. The van der Waals surface area contributed by atoms with Crippen molar-refractivity contribution in [2.24, 2.45) is 5.73 Å². The maximum atomic E-state index is 5.68. The third-order valence-electron chi connectivity index (χ3n) is 2.34. The smallest absolute Gasteiger partial charge is 0.00107 e. The van der Waals surface area contributed by atoms with Crippen molar-refractivity contribution in [1.82, 2.24) is 0 Å². The van der Waals surface area contributed by atoms with E-state index < -0.39 is 0 Å². The van der Waals surface area contributed by atoms with Crippen molar-refractivity contribution in [3.8, 4) is 0 Å². The topological polar surface area (TPSA) is 26.0 Å². The second kappa shape index (κ2) is 11.4. The Labute approximate surface area is 94.2 Å². The predicted molar refractivity (Wildman–Crippen MR) is 69.0 cm³/mol. The lowest BCUT2D eigenvalue weighted by molar-refractivity contribution is 0.653. The van der Waals surface area contributed by atoms with Crippen molar-refractivity contribution in [3.63, 3.8) is 0 Å². The molecule has 0 unspecified atom stereocenters. The van der Waals surface area contributed by atoms with E-state index in [2.05, 4.69) is 25.6 Å². The molecule has 0 aliphatic carbocycles. The molecule has 0 fully saturated rings. The van der Waals surface area contributed by atoms with Crippen LogP contribution in [0.15, 0.2) is 0 Å². The summed E-state index contributed by atoms with van der Waals surface area (Å²) in [5.41, 5.74) is 5.68. The minimum atomic E-state index is 0.389. The second-order valence-electron chi connectivity index (χ2n) is 4.15. The van der Waals surface area contributed by atoms with Crippen LogP contribution < -0.4 is 5.73 Å². The van der Waals surface area contributed by atoms with E-state index in [-0.39, 0.29) is 0 Å². The van der Waals surface area contributed by atoms with Crippen LogP contribution in [0.4, 0.5) is 0 Å². The summed E-state index contributed by atoms with van der Waals surface area (Å²) in [6, 6.07) is 0.389. The van der Waals surface area contributed by atoms with Gasteiger partial charge in [-0.1, -0.05) is 32.6 Å². The Balaban J connectivity index is 2.85. The molecule has 1 atom stereocenters. The summed E-state index contributed by atoms with van der Waals surface area (Å²) in [5.74, 6) is 2.65. The van der Waals surface area contributed by atoms with Gasteiger partial charge in [0.05, 0.1) is 0 Å². The largest absolute Gasteiger partial charge is 0.328 e. The van der Waals surface area contributed by atoms with Gasteiger partial charge < -0.3 is 5.73 Å². The van der Waals surface area contributed by atoms with E-state index in [9.17, 15) is 0 Å². The van der Waals surface area contributed by atoms with Crippen molar-refractivity contribution in [2.45, 2.75) is 64.8 Å². The van der Waals surface area contributed by atoms with Gasteiger partial charge >= 0.3 is 0 Å². The molecular weight excluding hydrogens is 190 g/mol. The molecule has 86 valence electrons. The van der Waals surface area contributed by atoms with Gasteiger partial charge in [-0.25, -0.2) is 0 Å². The molecule has 0 amide bonds. The maximum absolute atomic E-state index is 5.68. The highest BCUT2D eigenvalue weighted by atomic mass is 32.2. The van der Waals surface area contributed by atoms with Crippen molar-refractivity contribution in [3.05, 3.63) is 0 Å². The van der Waals surface area contributed by atoms with Crippen molar-refractivity contribution in [2.75, 3.05) is 11.5 Å². The average molecular weight is 217 g/mol. The fourth-order valence-electron chi connectivity index (χ4n) is 1.42. The molecule has 0 rings (SSSR count). The molecule has 2 N–H and O–H groups in total. The zero-order valence-electron chi connectivity index (χ0n) is 9.93. The predicted octanol–water partition coefficient (Wildman–Crippen LogP) is 3.82. The minimum Gasteiger partial charge on any atom is -0.328 e. The van der Waals surface area contributed by atoms with E-state index >= 15 is 0 Å². The van der Waals surface area contributed by atoms with Gasteiger partial charge in [0, 0.05) is 6.04 Å². The molecule has 0 aliphatic heterocycles. The van der Waals surface area contributed by atoms with Crippen LogP contribution in [0.3, 0.4) is 0 Å². The number of hydrogen-bond donors (Lipinski definition) is 1. The SMILES string of the molecule is CCCCCCCSCCC[C@@H](C)N. The molecule has 0 aromatic rings. The van der Waals surface area contributed by atoms with E-state index in [1.54, 1.807) is 0 Å². The van der Waals surface area contributed by atoms with E-state index in [1.807, 2.05) is 0 Å². The molecule has 1 nitrogen and oxygen atoms in total. The molecule has 0 saturated heterocycles. The summed E-state index contributed by atoms with van der Waals surface area (Å²) in [7, 11) is 0. The minimum absolute atomic E-state index is 0.389. The van der Waals surface area contributed by atoms with Crippen LogP contribution in [0, 0.1) is 0 Å². The monoisotopic (exact) mass is 217 g/mol. The highest BCUT2D eigenvalue weighted by Gasteiger charge is 1.94. The standard InChI is InChI=1S/C12H27NS/c1-3-4-5-6-7-10-14-11-8-9-12(2)13/h12H,3-11,13H2,1-2H3/t12-/m1/s1. The fourth-order valence-corrected chi connectivity index (χ4v) is 2.40. The number of thioether (sulfide) groups is 1. The summed E-state index contributed by atoms with van der Waals surface area (Å²) in [6.45, 7) is 4.36. The van der Waals surface area contributed by atoms with Crippen LogP contribution >= 0.6 is 11.8 Å². The highest BCUT2D eigenvalue weighted by Crippen LogP contribution is 2.10. The van der Waals surface area contributed by atoms with E-state index in [0.29, 0.717) is 6.04 Å². The van der Waals surface area contributed by atoms with E-state index in [0.717, 1.165) is 0 Å². The fraction of sp³-hybridized carbons (Fsp3) is 1.00. The lowest BCUT2D eigenvalue weighted by Crippen LogP contribution is -2.14. The van der Waals surface area contributed by atoms with Crippen molar-refractivity contribution >= 4 is 11.8 Å². The van der Waals surface area contributed by atoms with Gasteiger partial charge in [-0.15, -0.1) is 0 Å². The van der Waals surface area contributed by atoms with Gasteiger partial charge in [0.15, 0.2) is 0 Å². The molecule has 0 saturated carbocycles. The van der Waals surface area contributed by atoms with Crippen molar-refractivity contribution in [1.29, 1.82) is 0 Å². The molecule has 0 spiro atoms.